The molecule has 6 nitrogen and oxygen atoms in total. The quantitative estimate of drug-likeness (QED) is 0.435. The monoisotopic (exact) mass is 475 g/mol. The van der Waals surface area contributed by atoms with Gasteiger partial charge < -0.3 is 15.4 Å². The molecule has 8 heteroatoms. The molecule has 174 valence electrons. The lowest BCUT2D eigenvalue weighted by molar-refractivity contribution is 0.415. The van der Waals surface area contributed by atoms with Crippen LogP contribution in [0.4, 0.5) is 10.1 Å². The molecule has 0 radical (unpaired) electrons. The number of thioether (sulfide) groups is 1. The van der Waals surface area contributed by atoms with Gasteiger partial charge in [0.05, 0.1) is 24.0 Å². The number of hydrogen-bond acceptors (Lipinski definition) is 6. The number of halogens is 1. The van der Waals surface area contributed by atoms with Crippen molar-refractivity contribution in [2.45, 2.75) is 36.7 Å². The van der Waals surface area contributed by atoms with Gasteiger partial charge in [0, 0.05) is 58.8 Å². The Labute approximate surface area is 201 Å². The maximum absolute atomic E-state index is 14.6. The van der Waals surface area contributed by atoms with Crippen LogP contribution in [0.3, 0.4) is 0 Å². The summed E-state index contributed by atoms with van der Waals surface area (Å²) in [7, 11) is 1.67. The van der Waals surface area contributed by atoms with E-state index in [1.54, 1.807) is 24.9 Å². The van der Waals surface area contributed by atoms with Crippen molar-refractivity contribution in [1.82, 2.24) is 20.1 Å². The highest BCUT2D eigenvalue weighted by Gasteiger charge is 2.23. The fraction of sp³-hybridized carbons (Fsp3) is 0.308. The lowest BCUT2D eigenvalue weighted by Gasteiger charge is -2.23. The van der Waals surface area contributed by atoms with Crippen LogP contribution in [-0.2, 0) is 19.4 Å². The lowest BCUT2D eigenvalue weighted by Crippen LogP contribution is -2.34. The molecule has 1 aliphatic carbocycles. The van der Waals surface area contributed by atoms with Crippen LogP contribution in [0.1, 0.15) is 23.2 Å². The molecule has 0 saturated heterocycles. The van der Waals surface area contributed by atoms with E-state index in [-0.39, 0.29) is 11.9 Å². The number of nitrogens with zero attached hydrogens (tertiary/aromatic N) is 3. The molecular weight excluding hydrogens is 449 g/mol. The first-order chi connectivity index (χ1) is 16.7. The van der Waals surface area contributed by atoms with E-state index in [0.717, 1.165) is 70.2 Å². The molecule has 3 heterocycles. The highest BCUT2D eigenvalue weighted by atomic mass is 32.2. The number of pyridine rings is 1. The van der Waals surface area contributed by atoms with Gasteiger partial charge in [0.2, 0.25) is 0 Å². The summed E-state index contributed by atoms with van der Waals surface area (Å²) in [6, 6.07) is 11.8. The molecule has 0 saturated carbocycles. The average Bonchev–Trinajstić information content (AvgIpc) is 3.30. The van der Waals surface area contributed by atoms with E-state index >= 15 is 0 Å². The van der Waals surface area contributed by atoms with Crippen LogP contribution in [-0.4, -0.2) is 40.2 Å². The third-order valence-electron chi connectivity index (χ3n) is 6.65. The zero-order valence-electron chi connectivity index (χ0n) is 19.0. The summed E-state index contributed by atoms with van der Waals surface area (Å²) in [4.78, 5) is 5.48. The first-order valence-corrected chi connectivity index (χ1v) is 12.6. The van der Waals surface area contributed by atoms with Crippen LogP contribution < -0.4 is 15.4 Å². The molecule has 0 fully saturated rings. The molecule has 0 amide bonds. The molecule has 1 aliphatic heterocycles. The van der Waals surface area contributed by atoms with Gasteiger partial charge in [0.25, 0.3) is 0 Å². The zero-order chi connectivity index (χ0) is 23.1. The van der Waals surface area contributed by atoms with E-state index < -0.39 is 0 Å². The molecular formula is C26H26FN5OS. The number of nitrogens with one attached hydrogen (secondary N) is 2. The van der Waals surface area contributed by atoms with Gasteiger partial charge >= 0.3 is 0 Å². The Bertz CT molecular complexity index is 1370. The minimum atomic E-state index is -0.133. The van der Waals surface area contributed by atoms with Crippen molar-refractivity contribution in [2.75, 3.05) is 24.7 Å². The van der Waals surface area contributed by atoms with Crippen LogP contribution in [0.2, 0.25) is 0 Å². The minimum Gasteiger partial charge on any atom is -0.497 e. The summed E-state index contributed by atoms with van der Waals surface area (Å²) in [5.74, 6) is 1.64. The SMILES string of the molecule is COc1ccc2nccc(-n3cc4c(n3)CCC(NCc3cc5c(cc3F)SCCN5)C4)c2c1. The number of aromatic nitrogens is 3. The highest BCUT2D eigenvalue weighted by Crippen LogP contribution is 2.33. The number of anilines is 1. The highest BCUT2D eigenvalue weighted by molar-refractivity contribution is 7.99. The molecule has 2 aromatic carbocycles. The summed E-state index contributed by atoms with van der Waals surface area (Å²) in [6.07, 6.45) is 6.70. The number of methoxy groups -OCH3 is 1. The Morgan fingerprint density at radius 3 is 3.12 bits per heavy atom. The van der Waals surface area contributed by atoms with Gasteiger partial charge in [-0.15, -0.1) is 11.8 Å². The molecule has 1 unspecified atom stereocenters. The molecule has 0 spiro atoms. The van der Waals surface area contributed by atoms with Gasteiger partial charge in [-0.25, -0.2) is 9.07 Å². The first-order valence-electron chi connectivity index (χ1n) is 11.6. The van der Waals surface area contributed by atoms with Crippen molar-refractivity contribution in [3.63, 3.8) is 0 Å². The summed E-state index contributed by atoms with van der Waals surface area (Å²) in [5, 5.41) is 12.9. The Balaban J connectivity index is 1.20. The first kappa shape index (κ1) is 21.4. The smallest absolute Gasteiger partial charge is 0.128 e. The van der Waals surface area contributed by atoms with E-state index in [1.165, 1.54) is 5.56 Å². The van der Waals surface area contributed by atoms with E-state index in [0.29, 0.717) is 12.1 Å². The second-order valence-electron chi connectivity index (χ2n) is 8.79. The number of hydrogen-bond donors (Lipinski definition) is 2. The van der Waals surface area contributed by atoms with Crippen LogP contribution in [0.25, 0.3) is 16.6 Å². The largest absolute Gasteiger partial charge is 0.497 e. The van der Waals surface area contributed by atoms with Crippen molar-refractivity contribution in [3.8, 4) is 11.4 Å². The van der Waals surface area contributed by atoms with E-state index in [1.807, 2.05) is 41.2 Å². The maximum atomic E-state index is 14.6. The van der Waals surface area contributed by atoms with E-state index in [4.69, 9.17) is 9.84 Å². The van der Waals surface area contributed by atoms with Crippen molar-refractivity contribution in [3.05, 3.63) is 71.4 Å². The van der Waals surface area contributed by atoms with Gasteiger partial charge in [0.1, 0.15) is 11.6 Å². The molecule has 4 aromatic rings. The lowest BCUT2D eigenvalue weighted by atomic mass is 9.93. The van der Waals surface area contributed by atoms with Crippen molar-refractivity contribution in [1.29, 1.82) is 0 Å². The fourth-order valence-electron chi connectivity index (χ4n) is 4.83. The zero-order valence-corrected chi connectivity index (χ0v) is 19.8. The van der Waals surface area contributed by atoms with E-state index in [2.05, 4.69) is 21.8 Å². The Morgan fingerprint density at radius 2 is 2.21 bits per heavy atom. The molecule has 6 rings (SSSR count). The Kier molecular flexibility index (Phi) is 5.63. The van der Waals surface area contributed by atoms with Crippen LogP contribution in [0.5, 0.6) is 5.75 Å². The number of rotatable bonds is 5. The van der Waals surface area contributed by atoms with Crippen LogP contribution >= 0.6 is 11.8 Å². The second kappa shape index (κ2) is 8.92. The molecule has 2 N–H and O–H groups in total. The second-order valence-corrected chi connectivity index (χ2v) is 9.93. The summed E-state index contributed by atoms with van der Waals surface area (Å²) in [5.41, 5.74) is 6.03. The molecule has 2 aliphatic rings. The molecule has 1 atom stereocenters. The van der Waals surface area contributed by atoms with Gasteiger partial charge in [-0.1, -0.05) is 0 Å². The summed E-state index contributed by atoms with van der Waals surface area (Å²) >= 11 is 1.71. The number of fused-ring (bicyclic) bond motifs is 3. The van der Waals surface area contributed by atoms with Crippen LogP contribution in [0, 0.1) is 5.82 Å². The Hall–Kier alpha value is -3.10. The maximum Gasteiger partial charge on any atom is 0.128 e. The fourth-order valence-corrected chi connectivity index (χ4v) is 5.73. The Morgan fingerprint density at radius 1 is 1.26 bits per heavy atom. The van der Waals surface area contributed by atoms with Gasteiger partial charge in [0.15, 0.2) is 0 Å². The predicted molar refractivity (Wildman–Crippen MR) is 134 cm³/mol. The van der Waals surface area contributed by atoms with Gasteiger partial charge in [-0.3, -0.25) is 4.98 Å². The van der Waals surface area contributed by atoms with Crippen molar-refractivity contribution in [2.24, 2.45) is 0 Å². The summed E-state index contributed by atoms with van der Waals surface area (Å²) < 4.78 is 22.0. The number of aryl methyl sites for hydroxylation is 1. The summed E-state index contributed by atoms with van der Waals surface area (Å²) in [6.45, 7) is 1.44. The topological polar surface area (TPSA) is 64.0 Å². The van der Waals surface area contributed by atoms with Crippen molar-refractivity contribution < 1.29 is 9.13 Å². The standard InChI is InChI=1S/C26H26FN5OS/c1-33-19-3-5-23-20(12-19)25(6-7-28-23)32-15-17-10-18(2-4-22(17)31-32)30-14-16-11-24-26(13-21(16)27)34-9-8-29-24/h3,5-7,11-13,15,18,29-30H,2,4,8-10,14H2,1H3. The normalized spacial score (nSPS) is 17.2. The molecule has 0 bridgehead atoms. The average molecular weight is 476 g/mol. The number of ether oxygens (including phenoxy) is 1. The van der Waals surface area contributed by atoms with Gasteiger partial charge in [-0.05, 0) is 61.2 Å². The van der Waals surface area contributed by atoms with Gasteiger partial charge in [-0.2, -0.15) is 5.10 Å². The molecule has 2 aromatic heterocycles. The number of benzene rings is 2. The van der Waals surface area contributed by atoms with Crippen molar-refractivity contribution >= 4 is 28.4 Å². The van der Waals surface area contributed by atoms with Crippen LogP contribution in [0.15, 0.2) is 53.7 Å². The predicted octanol–water partition coefficient (Wildman–Crippen LogP) is 4.73. The third-order valence-corrected chi connectivity index (χ3v) is 7.71. The minimum absolute atomic E-state index is 0.133. The molecule has 34 heavy (non-hydrogen) atoms. The van der Waals surface area contributed by atoms with E-state index in [9.17, 15) is 4.39 Å². The third kappa shape index (κ3) is 4.01.